The summed E-state index contributed by atoms with van der Waals surface area (Å²) in [6.07, 6.45) is 3.44. The van der Waals surface area contributed by atoms with Crippen LogP contribution < -0.4 is 25.8 Å². The first-order chi connectivity index (χ1) is 16.8. The molecule has 0 aromatic heterocycles. The maximum absolute atomic E-state index is 13.4. The monoisotopic (exact) mass is 475 g/mol. The fourth-order valence-corrected chi connectivity index (χ4v) is 5.38. The number of likely N-dealkylation sites (N-methyl/N-ethyl adjacent to an activating group) is 1. The molecule has 9 heteroatoms. The molecule has 2 unspecified atom stereocenters. The summed E-state index contributed by atoms with van der Waals surface area (Å²) in [6, 6.07) is 12.3. The summed E-state index contributed by atoms with van der Waals surface area (Å²) >= 11 is 0. The predicted molar refractivity (Wildman–Crippen MR) is 132 cm³/mol. The number of unbranched alkanes of at least 4 members (excludes halogenated alkanes) is 1. The summed E-state index contributed by atoms with van der Waals surface area (Å²) in [4.78, 5) is 54.0. The van der Waals surface area contributed by atoms with Crippen LogP contribution in [0.25, 0.3) is 0 Å². The van der Waals surface area contributed by atoms with E-state index >= 15 is 0 Å². The molecule has 3 N–H and O–H groups in total. The number of urea groups is 1. The number of nitrogens with zero attached hydrogens (tertiary/aromatic N) is 2. The van der Waals surface area contributed by atoms with Gasteiger partial charge in [-0.15, -0.1) is 0 Å². The van der Waals surface area contributed by atoms with Crippen LogP contribution in [0.1, 0.15) is 37.3 Å². The van der Waals surface area contributed by atoms with Crippen molar-refractivity contribution in [3.05, 3.63) is 53.6 Å². The molecule has 0 radical (unpaired) electrons. The van der Waals surface area contributed by atoms with Gasteiger partial charge < -0.3 is 15.5 Å². The van der Waals surface area contributed by atoms with Crippen molar-refractivity contribution in [1.82, 2.24) is 10.6 Å². The number of amides is 5. The van der Waals surface area contributed by atoms with Crippen molar-refractivity contribution in [2.75, 3.05) is 28.7 Å². The Kier molecular flexibility index (Phi) is 5.70. The third kappa shape index (κ3) is 4.00. The van der Waals surface area contributed by atoms with Gasteiger partial charge in [0.2, 0.25) is 11.8 Å². The van der Waals surface area contributed by atoms with Crippen LogP contribution in [0, 0.1) is 0 Å². The van der Waals surface area contributed by atoms with Crippen LogP contribution in [-0.2, 0) is 27.2 Å². The van der Waals surface area contributed by atoms with Gasteiger partial charge in [-0.2, -0.15) is 0 Å². The molecule has 0 saturated carbocycles. The molecule has 5 amide bonds. The van der Waals surface area contributed by atoms with Gasteiger partial charge in [-0.1, -0.05) is 38.0 Å². The van der Waals surface area contributed by atoms with E-state index in [1.807, 2.05) is 48.3 Å². The minimum atomic E-state index is -0.953. The lowest BCUT2D eigenvalue weighted by atomic mass is 9.96. The maximum atomic E-state index is 13.4. The van der Waals surface area contributed by atoms with Gasteiger partial charge in [0, 0.05) is 25.6 Å². The molecule has 5 rings (SSSR count). The number of carbonyl (C=O) groups excluding carboxylic acids is 4. The van der Waals surface area contributed by atoms with Crippen LogP contribution in [0.15, 0.2) is 42.5 Å². The molecule has 3 aliphatic rings. The summed E-state index contributed by atoms with van der Waals surface area (Å²) in [5.41, 5.74) is 3.16. The topological polar surface area (TPSA) is 111 Å². The third-order valence-corrected chi connectivity index (χ3v) is 7.19. The van der Waals surface area contributed by atoms with Crippen molar-refractivity contribution in [2.24, 2.45) is 0 Å². The molecule has 2 aromatic rings. The highest BCUT2D eigenvalue weighted by Crippen LogP contribution is 2.37. The van der Waals surface area contributed by atoms with Crippen molar-refractivity contribution in [3.8, 4) is 0 Å². The molecule has 1 saturated heterocycles. The zero-order chi connectivity index (χ0) is 24.7. The van der Waals surface area contributed by atoms with Crippen molar-refractivity contribution in [1.29, 1.82) is 0 Å². The van der Waals surface area contributed by atoms with Gasteiger partial charge in [0.15, 0.2) is 0 Å². The van der Waals surface area contributed by atoms with E-state index in [0.29, 0.717) is 18.5 Å². The Balaban J connectivity index is 1.32. The van der Waals surface area contributed by atoms with Crippen molar-refractivity contribution in [3.63, 3.8) is 0 Å². The molecule has 2 aromatic carbocycles. The predicted octanol–water partition coefficient (Wildman–Crippen LogP) is 2.34. The Morgan fingerprint density at radius 3 is 2.54 bits per heavy atom. The third-order valence-electron chi connectivity index (χ3n) is 7.19. The Hall–Kier alpha value is -3.88. The molecule has 0 bridgehead atoms. The van der Waals surface area contributed by atoms with E-state index in [1.165, 1.54) is 0 Å². The number of nitrogens with one attached hydrogen (secondary N) is 3. The molecule has 2 atom stereocenters. The normalized spacial score (nSPS) is 22.7. The molecule has 35 heavy (non-hydrogen) atoms. The minimum Gasteiger partial charge on any atom is -0.361 e. The first-order valence-electron chi connectivity index (χ1n) is 12.0. The lowest BCUT2D eigenvalue weighted by Crippen LogP contribution is -2.53. The standard InChI is InChI=1S/C26H29N5O4/c1-3-4-7-21-23(33)31(20-9-6-5-8-19(20)30(21)2)15-22(32)27-18-11-10-16-13-26(14-17(16)12-18)24(34)28-25(35)29-26/h5-6,8-12,21H,3-4,7,13-15H2,1-2H3,(H,27,32)(H2,28,29,34,35). The Morgan fingerprint density at radius 2 is 1.83 bits per heavy atom. The SMILES string of the molecule is CCCCC1C(=O)N(CC(=O)Nc2ccc3c(c2)CC2(C3)NC(=O)NC2=O)c2ccccc2N1C. The maximum Gasteiger partial charge on any atom is 0.322 e. The summed E-state index contributed by atoms with van der Waals surface area (Å²) in [6.45, 7) is 2.00. The molecule has 1 fully saturated rings. The highest BCUT2D eigenvalue weighted by Gasteiger charge is 2.50. The number of fused-ring (bicyclic) bond motifs is 2. The zero-order valence-corrected chi connectivity index (χ0v) is 19.9. The van der Waals surface area contributed by atoms with Gasteiger partial charge in [0.1, 0.15) is 18.1 Å². The summed E-state index contributed by atoms with van der Waals surface area (Å²) in [5, 5.41) is 7.95. The van der Waals surface area contributed by atoms with Crippen LogP contribution in [0.2, 0.25) is 0 Å². The Morgan fingerprint density at radius 1 is 1.09 bits per heavy atom. The van der Waals surface area contributed by atoms with E-state index in [4.69, 9.17) is 0 Å². The highest BCUT2D eigenvalue weighted by atomic mass is 16.2. The number of rotatable bonds is 6. The van der Waals surface area contributed by atoms with E-state index in [2.05, 4.69) is 22.9 Å². The average molecular weight is 476 g/mol. The summed E-state index contributed by atoms with van der Waals surface area (Å²) < 4.78 is 0. The largest absolute Gasteiger partial charge is 0.361 e. The molecular weight excluding hydrogens is 446 g/mol. The van der Waals surface area contributed by atoms with Gasteiger partial charge in [-0.05, 0) is 41.8 Å². The smallest absolute Gasteiger partial charge is 0.322 e. The van der Waals surface area contributed by atoms with Gasteiger partial charge in [-0.25, -0.2) is 4.79 Å². The van der Waals surface area contributed by atoms with E-state index in [1.54, 1.807) is 11.0 Å². The second-order valence-electron chi connectivity index (χ2n) is 9.56. The first-order valence-corrected chi connectivity index (χ1v) is 12.0. The fraction of sp³-hybridized carbons (Fsp3) is 0.385. The molecule has 1 aliphatic carbocycles. The van der Waals surface area contributed by atoms with Crippen LogP contribution in [0.3, 0.4) is 0 Å². The van der Waals surface area contributed by atoms with E-state index in [0.717, 1.165) is 41.8 Å². The molecule has 2 heterocycles. The van der Waals surface area contributed by atoms with Gasteiger partial charge in [0.05, 0.1) is 11.4 Å². The Labute approximate surface area is 203 Å². The lowest BCUT2D eigenvalue weighted by Gasteiger charge is -2.41. The Bertz CT molecular complexity index is 1230. The summed E-state index contributed by atoms with van der Waals surface area (Å²) in [5.74, 6) is -0.700. The van der Waals surface area contributed by atoms with E-state index in [-0.39, 0.29) is 30.3 Å². The number of hydrogen-bond donors (Lipinski definition) is 3. The van der Waals surface area contributed by atoms with Crippen LogP contribution in [-0.4, -0.2) is 48.9 Å². The van der Waals surface area contributed by atoms with Crippen molar-refractivity contribution < 1.29 is 19.2 Å². The average Bonchev–Trinajstić information content (AvgIpc) is 3.33. The van der Waals surface area contributed by atoms with Gasteiger partial charge >= 0.3 is 6.03 Å². The molecule has 9 nitrogen and oxygen atoms in total. The van der Waals surface area contributed by atoms with Crippen molar-refractivity contribution >= 4 is 40.8 Å². The quantitative estimate of drug-likeness (QED) is 0.556. The zero-order valence-electron chi connectivity index (χ0n) is 19.9. The van der Waals surface area contributed by atoms with E-state index in [9.17, 15) is 19.2 Å². The number of carbonyl (C=O) groups is 4. The fourth-order valence-electron chi connectivity index (χ4n) is 5.38. The summed E-state index contributed by atoms with van der Waals surface area (Å²) in [7, 11) is 1.93. The molecule has 1 spiro atoms. The second-order valence-corrected chi connectivity index (χ2v) is 9.56. The number of benzene rings is 2. The number of anilines is 3. The van der Waals surface area contributed by atoms with Crippen molar-refractivity contribution in [2.45, 2.75) is 50.6 Å². The number of imide groups is 1. The van der Waals surface area contributed by atoms with Crippen LogP contribution in [0.4, 0.5) is 21.9 Å². The molecule has 2 aliphatic heterocycles. The second kappa shape index (κ2) is 8.72. The van der Waals surface area contributed by atoms with Crippen LogP contribution >= 0.6 is 0 Å². The van der Waals surface area contributed by atoms with Gasteiger partial charge in [-0.3, -0.25) is 24.6 Å². The van der Waals surface area contributed by atoms with E-state index < -0.39 is 11.6 Å². The molecule has 182 valence electrons. The highest BCUT2D eigenvalue weighted by molar-refractivity contribution is 6.10. The van der Waals surface area contributed by atoms with Crippen LogP contribution in [0.5, 0.6) is 0 Å². The van der Waals surface area contributed by atoms with Gasteiger partial charge in [0.25, 0.3) is 5.91 Å². The first kappa shape index (κ1) is 22.9. The molecular formula is C26H29N5O4. The lowest BCUT2D eigenvalue weighted by molar-refractivity contribution is -0.123. The number of hydrogen-bond acceptors (Lipinski definition) is 5. The number of para-hydroxylation sites is 2. The minimum absolute atomic E-state index is 0.0753.